The minimum Gasteiger partial charge on any atom is -0.326 e. The first-order valence-corrected chi connectivity index (χ1v) is 9.59. The molecule has 3 rings (SSSR count). The van der Waals surface area contributed by atoms with E-state index in [4.69, 9.17) is 0 Å². The second kappa shape index (κ2) is 7.55. The van der Waals surface area contributed by atoms with Crippen LogP contribution in [0.1, 0.15) is 45.2 Å². The van der Waals surface area contributed by atoms with Gasteiger partial charge in [-0.3, -0.25) is 9.59 Å². The quantitative estimate of drug-likeness (QED) is 0.866. The van der Waals surface area contributed by atoms with Gasteiger partial charge in [-0.1, -0.05) is 58.0 Å². The third-order valence-corrected chi connectivity index (χ3v) is 5.13. The fraction of sp³-hybridized carbons (Fsp3) is 0.391. The molecule has 0 radical (unpaired) electrons. The molecule has 1 saturated heterocycles. The van der Waals surface area contributed by atoms with Crippen LogP contribution in [0.3, 0.4) is 0 Å². The summed E-state index contributed by atoms with van der Waals surface area (Å²) in [5, 5.41) is 2.95. The highest BCUT2D eigenvalue weighted by Crippen LogP contribution is 2.35. The van der Waals surface area contributed by atoms with Crippen molar-refractivity contribution in [1.82, 2.24) is 0 Å². The summed E-state index contributed by atoms with van der Waals surface area (Å²) in [5.41, 5.74) is 3.97. The van der Waals surface area contributed by atoms with Gasteiger partial charge in [0.15, 0.2) is 0 Å². The standard InChI is InChI=1S/C23H28N2O2/c1-5-16-10-12-18(13-11-16)24-22(27)17-14-21(26)25(15-17)20-9-7-6-8-19(20)23(2,3)4/h6-13,17H,5,14-15H2,1-4H3,(H,24,27). The Morgan fingerprint density at radius 2 is 1.78 bits per heavy atom. The maximum Gasteiger partial charge on any atom is 0.229 e. The predicted molar refractivity (Wildman–Crippen MR) is 110 cm³/mol. The minimum absolute atomic E-state index is 0.00757. The lowest BCUT2D eigenvalue weighted by Gasteiger charge is -2.27. The number of nitrogens with zero attached hydrogens (tertiary/aromatic N) is 1. The van der Waals surface area contributed by atoms with E-state index in [1.165, 1.54) is 5.56 Å². The Hall–Kier alpha value is -2.62. The van der Waals surface area contributed by atoms with Crippen LogP contribution in [-0.2, 0) is 21.4 Å². The van der Waals surface area contributed by atoms with Crippen molar-refractivity contribution in [2.45, 2.75) is 46.0 Å². The number of amides is 2. The lowest BCUT2D eigenvalue weighted by Crippen LogP contribution is -2.30. The number of aryl methyl sites for hydroxylation is 1. The van der Waals surface area contributed by atoms with Gasteiger partial charge in [0.05, 0.1) is 5.92 Å². The van der Waals surface area contributed by atoms with Crippen molar-refractivity contribution in [3.8, 4) is 0 Å². The number of benzene rings is 2. The van der Waals surface area contributed by atoms with E-state index in [1.807, 2.05) is 42.5 Å². The zero-order valence-corrected chi connectivity index (χ0v) is 16.6. The Balaban J connectivity index is 1.74. The van der Waals surface area contributed by atoms with Gasteiger partial charge in [0, 0.05) is 24.3 Å². The van der Waals surface area contributed by atoms with Gasteiger partial charge in [-0.15, -0.1) is 0 Å². The first-order valence-electron chi connectivity index (χ1n) is 9.59. The van der Waals surface area contributed by atoms with Crippen molar-refractivity contribution < 1.29 is 9.59 Å². The van der Waals surface area contributed by atoms with E-state index in [0.717, 1.165) is 23.4 Å². The highest BCUT2D eigenvalue weighted by atomic mass is 16.2. The van der Waals surface area contributed by atoms with Gasteiger partial charge in [-0.05, 0) is 41.2 Å². The summed E-state index contributed by atoms with van der Waals surface area (Å²) in [6.07, 6.45) is 1.21. The fourth-order valence-corrected chi connectivity index (χ4v) is 3.53. The molecule has 4 nitrogen and oxygen atoms in total. The number of carbonyl (C=O) groups excluding carboxylic acids is 2. The summed E-state index contributed by atoms with van der Waals surface area (Å²) in [6, 6.07) is 15.8. The number of carbonyl (C=O) groups is 2. The number of rotatable bonds is 4. The topological polar surface area (TPSA) is 49.4 Å². The largest absolute Gasteiger partial charge is 0.326 e. The molecule has 1 aliphatic rings. The lowest BCUT2D eigenvalue weighted by atomic mass is 9.85. The average Bonchev–Trinajstić information content (AvgIpc) is 3.03. The van der Waals surface area contributed by atoms with Crippen LogP contribution in [0.2, 0.25) is 0 Å². The van der Waals surface area contributed by atoms with E-state index >= 15 is 0 Å². The Bertz CT molecular complexity index is 834. The van der Waals surface area contributed by atoms with Crippen LogP contribution in [0.4, 0.5) is 11.4 Å². The van der Waals surface area contributed by atoms with Gasteiger partial charge >= 0.3 is 0 Å². The van der Waals surface area contributed by atoms with Gasteiger partial charge in [-0.2, -0.15) is 0 Å². The van der Waals surface area contributed by atoms with E-state index in [2.05, 4.69) is 39.1 Å². The number of nitrogens with one attached hydrogen (secondary N) is 1. The molecule has 0 saturated carbocycles. The SMILES string of the molecule is CCc1ccc(NC(=O)C2CC(=O)N(c3ccccc3C(C)(C)C)C2)cc1. The van der Waals surface area contributed by atoms with Gasteiger partial charge in [0.2, 0.25) is 11.8 Å². The second-order valence-electron chi connectivity index (χ2n) is 8.21. The Morgan fingerprint density at radius 1 is 1.11 bits per heavy atom. The van der Waals surface area contributed by atoms with Crippen molar-refractivity contribution >= 4 is 23.2 Å². The molecule has 1 aliphatic heterocycles. The van der Waals surface area contributed by atoms with E-state index in [1.54, 1.807) is 4.90 Å². The number of hydrogen-bond acceptors (Lipinski definition) is 2. The van der Waals surface area contributed by atoms with Crippen molar-refractivity contribution in [1.29, 1.82) is 0 Å². The Morgan fingerprint density at radius 3 is 2.41 bits per heavy atom. The van der Waals surface area contributed by atoms with Crippen LogP contribution in [0.15, 0.2) is 48.5 Å². The van der Waals surface area contributed by atoms with E-state index in [-0.39, 0.29) is 29.6 Å². The molecular weight excluding hydrogens is 336 g/mol. The molecule has 1 N–H and O–H groups in total. The Labute approximate surface area is 161 Å². The summed E-state index contributed by atoms with van der Waals surface area (Å²) >= 11 is 0. The van der Waals surface area contributed by atoms with Crippen molar-refractivity contribution in [3.63, 3.8) is 0 Å². The summed E-state index contributed by atoms with van der Waals surface area (Å²) in [5.74, 6) is -0.423. The van der Waals surface area contributed by atoms with Crippen LogP contribution in [0, 0.1) is 5.92 Å². The van der Waals surface area contributed by atoms with Crippen molar-refractivity contribution in [2.24, 2.45) is 5.92 Å². The molecule has 1 unspecified atom stereocenters. The van der Waals surface area contributed by atoms with Crippen LogP contribution < -0.4 is 10.2 Å². The highest BCUT2D eigenvalue weighted by molar-refractivity contribution is 6.04. The smallest absolute Gasteiger partial charge is 0.229 e. The van der Waals surface area contributed by atoms with Crippen molar-refractivity contribution in [2.75, 3.05) is 16.8 Å². The van der Waals surface area contributed by atoms with Crippen LogP contribution in [0.25, 0.3) is 0 Å². The fourth-order valence-electron chi connectivity index (χ4n) is 3.53. The average molecular weight is 364 g/mol. The monoisotopic (exact) mass is 364 g/mol. The van der Waals surface area contributed by atoms with Crippen LogP contribution in [-0.4, -0.2) is 18.4 Å². The maximum absolute atomic E-state index is 12.7. The number of anilines is 2. The summed E-state index contributed by atoms with van der Waals surface area (Å²) < 4.78 is 0. The zero-order chi connectivity index (χ0) is 19.6. The Kier molecular flexibility index (Phi) is 5.36. The predicted octanol–water partition coefficient (Wildman–Crippen LogP) is 4.54. The molecular formula is C23H28N2O2. The summed E-state index contributed by atoms with van der Waals surface area (Å²) in [7, 11) is 0. The second-order valence-corrected chi connectivity index (χ2v) is 8.21. The lowest BCUT2D eigenvalue weighted by molar-refractivity contribution is -0.122. The number of hydrogen-bond donors (Lipinski definition) is 1. The van der Waals surface area contributed by atoms with Crippen molar-refractivity contribution in [3.05, 3.63) is 59.7 Å². The van der Waals surface area contributed by atoms with Gasteiger partial charge < -0.3 is 10.2 Å². The molecule has 27 heavy (non-hydrogen) atoms. The van der Waals surface area contributed by atoms with E-state index in [0.29, 0.717) is 6.54 Å². The molecule has 2 aromatic carbocycles. The van der Waals surface area contributed by atoms with Crippen LogP contribution in [0.5, 0.6) is 0 Å². The first-order chi connectivity index (χ1) is 12.8. The molecule has 1 heterocycles. The first kappa shape index (κ1) is 19.2. The molecule has 2 aromatic rings. The van der Waals surface area contributed by atoms with E-state index in [9.17, 15) is 9.59 Å². The minimum atomic E-state index is -0.337. The highest BCUT2D eigenvalue weighted by Gasteiger charge is 2.36. The normalized spacial score (nSPS) is 17.3. The molecule has 1 atom stereocenters. The van der Waals surface area contributed by atoms with E-state index < -0.39 is 0 Å². The summed E-state index contributed by atoms with van der Waals surface area (Å²) in [4.78, 5) is 27.1. The molecule has 142 valence electrons. The van der Waals surface area contributed by atoms with Gasteiger partial charge in [-0.25, -0.2) is 0 Å². The van der Waals surface area contributed by atoms with Crippen LogP contribution >= 0.6 is 0 Å². The summed E-state index contributed by atoms with van der Waals surface area (Å²) in [6.45, 7) is 8.93. The molecule has 1 fully saturated rings. The maximum atomic E-state index is 12.7. The van der Waals surface area contributed by atoms with Gasteiger partial charge in [0.25, 0.3) is 0 Å². The molecule has 4 heteroatoms. The molecule has 0 bridgehead atoms. The van der Waals surface area contributed by atoms with Gasteiger partial charge in [0.1, 0.15) is 0 Å². The number of para-hydroxylation sites is 1. The third kappa shape index (κ3) is 4.21. The third-order valence-electron chi connectivity index (χ3n) is 5.13. The molecule has 0 aromatic heterocycles. The molecule has 0 spiro atoms. The zero-order valence-electron chi connectivity index (χ0n) is 16.6. The molecule has 0 aliphatic carbocycles. The molecule has 2 amide bonds.